The fourth-order valence-corrected chi connectivity index (χ4v) is 4.91. The maximum atomic E-state index is 10.3. The SMILES string of the molecule is CC1CCC2C(O)C3CCC2(C)C1C3. The Morgan fingerprint density at radius 1 is 1.14 bits per heavy atom. The Morgan fingerprint density at radius 3 is 2.71 bits per heavy atom. The molecule has 0 aromatic rings. The van der Waals surface area contributed by atoms with Gasteiger partial charge in [-0.3, -0.25) is 0 Å². The second-order valence-corrected chi connectivity index (χ2v) is 6.30. The van der Waals surface area contributed by atoms with Crippen LogP contribution in [0.25, 0.3) is 0 Å². The van der Waals surface area contributed by atoms with Crippen LogP contribution in [0.2, 0.25) is 0 Å². The fourth-order valence-electron chi connectivity index (χ4n) is 4.91. The first-order chi connectivity index (χ1) is 6.63. The summed E-state index contributed by atoms with van der Waals surface area (Å²) >= 11 is 0. The molecule has 1 N–H and O–H groups in total. The van der Waals surface area contributed by atoms with Gasteiger partial charge in [0, 0.05) is 0 Å². The predicted octanol–water partition coefficient (Wildman–Crippen LogP) is 2.83. The normalized spacial score (nSPS) is 61.5. The molecular weight excluding hydrogens is 172 g/mol. The molecule has 6 atom stereocenters. The summed E-state index contributed by atoms with van der Waals surface area (Å²) in [4.78, 5) is 0. The number of fused-ring (bicyclic) bond motifs is 1. The zero-order chi connectivity index (χ0) is 9.92. The molecule has 14 heavy (non-hydrogen) atoms. The summed E-state index contributed by atoms with van der Waals surface area (Å²) in [6.07, 6.45) is 6.67. The van der Waals surface area contributed by atoms with Crippen molar-refractivity contribution < 1.29 is 5.11 Å². The van der Waals surface area contributed by atoms with Gasteiger partial charge in [-0.15, -0.1) is 0 Å². The molecule has 4 fully saturated rings. The molecule has 0 aromatic carbocycles. The highest BCUT2D eigenvalue weighted by molar-refractivity contribution is 5.07. The molecule has 0 aromatic heterocycles. The van der Waals surface area contributed by atoms with E-state index < -0.39 is 0 Å². The Labute approximate surface area is 86.9 Å². The zero-order valence-electron chi connectivity index (χ0n) is 9.37. The highest BCUT2D eigenvalue weighted by Crippen LogP contribution is 2.63. The van der Waals surface area contributed by atoms with E-state index in [2.05, 4.69) is 13.8 Å². The molecule has 4 bridgehead atoms. The number of hydrogen-bond acceptors (Lipinski definition) is 1. The third kappa shape index (κ3) is 0.946. The van der Waals surface area contributed by atoms with Gasteiger partial charge in [-0.25, -0.2) is 0 Å². The Balaban J connectivity index is 1.99. The highest BCUT2D eigenvalue weighted by Gasteiger charge is 2.58. The van der Waals surface area contributed by atoms with Gasteiger partial charge < -0.3 is 5.11 Å². The molecule has 4 rings (SSSR count). The van der Waals surface area contributed by atoms with E-state index in [9.17, 15) is 5.11 Å². The lowest BCUT2D eigenvalue weighted by molar-refractivity contribution is -0.176. The molecule has 80 valence electrons. The zero-order valence-corrected chi connectivity index (χ0v) is 9.37. The number of hydrogen-bond donors (Lipinski definition) is 1. The molecule has 1 nitrogen and oxygen atoms in total. The molecule has 4 aliphatic carbocycles. The molecule has 4 aliphatic rings. The average molecular weight is 194 g/mol. The van der Waals surface area contributed by atoms with Gasteiger partial charge in [-0.1, -0.05) is 20.3 Å². The first-order valence-corrected chi connectivity index (χ1v) is 6.31. The maximum Gasteiger partial charge on any atom is 0.0601 e. The standard InChI is InChI=1S/C13H22O/c1-8-3-4-10-12(14)9-5-6-13(10,2)11(8)7-9/h8-12,14H,3-7H2,1-2H3. The van der Waals surface area contributed by atoms with E-state index in [1.54, 1.807) is 0 Å². The summed E-state index contributed by atoms with van der Waals surface area (Å²) in [6.45, 7) is 4.88. The molecular formula is C13H22O. The first kappa shape index (κ1) is 9.21. The van der Waals surface area contributed by atoms with Crippen LogP contribution in [0.15, 0.2) is 0 Å². The minimum atomic E-state index is 0.0394. The van der Waals surface area contributed by atoms with Gasteiger partial charge in [0.05, 0.1) is 6.10 Å². The Kier molecular flexibility index (Phi) is 1.81. The van der Waals surface area contributed by atoms with Crippen LogP contribution in [0.4, 0.5) is 0 Å². The molecule has 6 unspecified atom stereocenters. The Hall–Kier alpha value is -0.0400. The largest absolute Gasteiger partial charge is 0.393 e. The van der Waals surface area contributed by atoms with Crippen LogP contribution in [0, 0.1) is 29.1 Å². The van der Waals surface area contributed by atoms with E-state index >= 15 is 0 Å². The first-order valence-electron chi connectivity index (χ1n) is 6.31. The summed E-state index contributed by atoms with van der Waals surface area (Å²) in [5.74, 6) is 3.11. The molecule has 1 heteroatoms. The third-order valence-corrected chi connectivity index (χ3v) is 5.82. The quantitative estimate of drug-likeness (QED) is 0.628. The summed E-state index contributed by atoms with van der Waals surface area (Å²) in [7, 11) is 0. The van der Waals surface area contributed by atoms with Crippen LogP contribution >= 0.6 is 0 Å². The van der Waals surface area contributed by atoms with E-state index in [0.29, 0.717) is 17.3 Å². The lowest BCUT2D eigenvalue weighted by Gasteiger charge is -2.62. The molecule has 0 heterocycles. The van der Waals surface area contributed by atoms with Gasteiger partial charge in [-0.05, 0) is 54.8 Å². The van der Waals surface area contributed by atoms with Crippen molar-refractivity contribution in [2.24, 2.45) is 29.1 Å². The van der Waals surface area contributed by atoms with Crippen molar-refractivity contribution in [1.82, 2.24) is 0 Å². The maximum absolute atomic E-state index is 10.3. The lowest BCUT2D eigenvalue weighted by atomic mass is 9.44. The third-order valence-electron chi connectivity index (χ3n) is 5.82. The lowest BCUT2D eigenvalue weighted by Crippen LogP contribution is -2.58. The van der Waals surface area contributed by atoms with Crippen molar-refractivity contribution in [2.45, 2.75) is 52.1 Å². The molecule has 0 aliphatic heterocycles. The summed E-state index contributed by atoms with van der Waals surface area (Å²) in [6, 6.07) is 0. The van der Waals surface area contributed by atoms with Gasteiger partial charge in [0.25, 0.3) is 0 Å². The smallest absolute Gasteiger partial charge is 0.0601 e. The van der Waals surface area contributed by atoms with Crippen molar-refractivity contribution >= 4 is 0 Å². The van der Waals surface area contributed by atoms with Crippen LogP contribution in [-0.4, -0.2) is 11.2 Å². The van der Waals surface area contributed by atoms with E-state index in [0.717, 1.165) is 11.8 Å². The van der Waals surface area contributed by atoms with Crippen molar-refractivity contribution in [3.63, 3.8) is 0 Å². The van der Waals surface area contributed by atoms with Gasteiger partial charge in [-0.2, -0.15) is 0 Å². The van der Waals surface area contributed by atoms with Crippen LogP contribution in [-0.2, 0) is 0 Å². The van der Waals surface area contributed by atoms with E-state index in [1.165, 1.54) is 32.1 Å². The Morgan fingerprint density at radius 2 is 1.93 bits per heavy atom. The summed E-state index contributed by atoms with van der Waals surface area (Å²) in [5, 5.41) is 10.3. The van der Waals surface area contributed by atoms with Crippen LogP contribution in [0.3, 0.4) is 0 Å². The monoisotopic (exact) mass is 194 g/mol. The van der Waals surface area contributed by atoms with Gasteiger partial charge in [0.2, 0.25) is 0 Å². The molecule has 0 saturated heterocycles. The molecule has 0 amide bonds. The van der Waals surface area contributed by atoms with Crippen LogP contribution in [0.5, 0.6) is 0 Å². The van der Waals surface area contributed by atoms with Crippen molar-refractivity contribution in [3.05, 3.63) is 0 Å². The van der Waals surface area contributed by atoms with Crippen LogP contribution < -0.4 is 0 Å². The van der Waals surface area contributed by atoms with E-state index in [4.69, 9.17) is 0 Å². The van der Waals surface area contributed by atoms with E-state index in [-0.39, 0.29) is 6.10 Å². The minimum absolute atomic E-state index is 0.0394. The second-order valence-electron chi connectivity index (χ2n) is 6.30. The van der Waals surface area contributed by atoms with Crippen molar-refractivity contribution in [2.75, 3.05) is 0 Å². The minimum Gasteiger partial charge on any atom is -0.393 e. The van der Waals surface area contributed by atoms with Crippen molar-refractivity contribution in [3.8, 4) is 0 Å². The topological polar surface area (TPSA) is 20.2 Å². The average Bonchev–Trinajstić information content (AvgIpc) is 2.15. The number of rotatable bonds is 0. The van der Waals surface area contributed by atoms with E-state index in [1.807, 2.05) is 0 Å². The summed E-state index contributed by atoms with van der Waals surface area (Å²) < 4.78 is 0. The molecule has 0 spiro atoms. The summed E-state index contributed by atoms with van der Waals surface area (Å²) in [5.41, 5.74) is 0.492. The van der Waals surface area contributed by atoms with Gasteiger partial charge >= 0.3 is 0 Å². The van der Waals surface area contributed by atoms with Crippen molar-refractivity contribution in [1.29, 1.82) is 0 Å². The molecule has 4 saturated carbocycles. The fraction of sp³-hybridized carbons (Fsp3) is 1.00. The van der Waals surface area contributed by atoms with Crippen LogP contribution in [0.1, 0.15) is 46.0 Å². The Bertz CT molecular complexity index is 246. The van der Waals surface area contributed by atoms with Gasteiger partial charge in [0.1, 0.15) is 0 Å². The number of aliphatic hydroxyl groups is 1. The molecule has 0 radical (unpaired) electrons. The highest BCUT2D eigenvalue weighted by atomic mass is 16.3. The second kappa shape index (κ2) is 2.75. The number of aliphatic hydroxyl groups excluding tert-OH is 1. The predicted molar refractivity (Wildman–Crippen MR) is 56.8 cm³/mol. The van der Waals surface area contributed by atoms with Gasteiger partial charge in [0.15, 0.2) is 0 Å².